The van der Waals surface area contributed by atoms with Crippen LogP contribution in [0.4, 0.5) is 11.5 Å². The third-order valence-electron chi connectivity index (χ3n) is 3.92. The number of hydrogen-bond acceptors (Lipinski definition) is 6. The van der Waals surface area contributed by atoms with Crippen LogP contribution in [0.3, 0.4) is 0 Å². The summed E-state index contributed by atoms with van der Waals surface area (Å²) in [5.74, 6) is 0.0958. The van der Waals surface area contributed by atoms with Gasteiger partial charge in [-0.05, 0) is 36.2 Å². The van der Waals surface area contributed by atoms with Crippen LogP contribution in [0.2, 0.25) is 0 Å². The highest BCUT2D eigenvalue weighted by atomic mass is 32.1. The molecule has 4 rings (SSSR count). The predicted molar refractivity (Wildman–Crippen MR) is 102 cm³/mol. The van der Waals surface area contributed by atoms with E-state index >= 15 is 0 Å². The van der Waals surface area contributed by atoms with Crippen molar-refractivity contribution in [3.8, 4) is 10.4 Å². The van der Waals surface area contributed by atoms with Crippen molar-refractivity contribution in [2.75, 3.05) is 5.32 Å². The second-order valence-electron chi connectivity index (χ2n) is 5.81. The number of fused-ring (bicyclic) bond motifs is 1. The number of carbonyl (C=O) groups is 1. The highest BCUT2D eigenvalue weighted by Crippen LogP contribution is 2.36. The van der Waals surface area contributed by atoms with Gasteiger partial charge in [-0.1, -0.05) is 42.5 Å². The lowest BCUT2D eigenvalue weighted by molar-refractivity contribution is -0.255. The molecule has 0 aliphatic heterocycles. The number of thiophene rings is 1. The van der Waals surface area contributed by atoms with Crippen molar-refractivity contribution < 1.29 is 9.90 Å². The molecule has 0 unspecified atom stereocenters. The number of aromatic carboxylic acids is 1. The van der Waals surface area contributed by atoms with Crippen molar-refractivity contribution >= 4 is 39.0 Å². The monoisotopic (exact) mass is 360 g/mol. The number of anilines is 2. The summed E-state index contributed by atoms with van der Waals surface area (Å²) in [6.45, 7) is 1.84. The molecule has 0 atom stereocenters. The first-order chi connectivity index (χ1) is 12.6. The Kier molecular flexibility index (Phi) is 4.10. The molecule has 0 aliphatic carbocycles. The van der Waals surface area contributed by atoms with E-state index in [1.54, 1.807) is 23.5 Å². The molecule has 0 fully saturated rings. The number of hydrogen-bond donors (Lipinski definition) is 1. The van der Waals surface area contributed by atoms with Gasteiger partial charge in [0.15, 0.2) is 0 Å². The molecule has 0 saturated carbocycles. The first kappa shape index (κ1) is 16.2. The fraction of sp³-hybridized carbons (Fsp3) is 0.0500. The maximum absolute atomic E-state index is 11.1. The minimum Gasteiger partial charge on any atom is -0.545 e. The van der Waals surface area contributed by atoms with Gasteiger partial charge in [-0.2, -0.15) is 0 Å². The number of aromatic nitrogens is 2. The Morgan fingerprint density at radius 2 is 1.85 bits per heavy atom. The summed E-state index contributed by atoms with van der Waals surface area (Å²) in [7, 11) is 0. The maximum atomic E-state index is 11.1. The van der Waals surface area contributed by atoms with Crippen molar-refractivity contribution in [3.05, 3.63) is 72.1 Å². The average Bonchev–Trinajstić information content (AvgIpc) is 3.07. The molecule has 0 spiro atoms. The fourth-order valence-electron chi connectivity index (χ4n) is 2.73. The summed E-state index contributed by atoms with van der Waals surface area (Å²) in [5, 5.41) is 15.2. The number of carboxylic acid groups (broad SMARTS) is 1. The van der Waals surface area contributed by atoms with Crippen molar-refractivity contribution in [2.45, 2.75) is 6.92 Å². The van der Waals surface area contributed by atoms with Crippen molar-refractivity contribution in [1.29, 1.82) is 0 Å². The number of nitrogens with zero attached hydrogens (tertiary/aromatic N) is 2. The van der Waals surface area contributed by atoms with E-state index in [9.17, 15) is 9.90 Å². The van der Waals surface area contributed by atoms with Crippen LogP contribution in [0.5, 0.6) is 0 Å². The smallest absolute Gasteiger partial charge is 0.142 e. The van der Waals surface area contributed by atoms with Crippen LogP contribution in [0.1, 0.15) is 16.2 Å². The maximum Gasteiger partial charge on any atom is 0.142 e. The Bertz CT molecular complexity index is 1110. The van der Waals surface area contributed by atoms with Gasteiger partial charge >= 0.3 is 0 Å². The molecular formula is C20H14N3O2S-. The number of nitrogens with one attached hydrogen (secondary N) is 1. The van der Waals surface area contributed by atoms with E-state index in [1.807, 2.05) is 25.1 Å². The van der Waals surface area contributed by atoms with Crippen molar-refractivity contribution in [3.63, 3.8) is 0 Å². The SMILES string of the molecule is Cc1nc(Nc2cccc(C(=O)[O-])c2)c2cc(-c3ccccc3)sc2n1. The van der Waals surface area contributed by atoms with Gasteiger partial charge in [0.2, 0.25) is 0 Å². The Morgan fingerprint density at radius 3 is 2.62 bits per heavy atom. The van der Waals surface area contributed by atoms with Gasteiger partial charge in [0, 0.05) is 10.6 Å². The number of carbonyl (C=O) groups excluding carboxylic acids is 1. The molecule has 2 aromatic carbocycles. The molecule has 2 heterocycles. The number of carboxylic acids is 1. The zero-order valence-corrected chi connectivity index (χ0v) is 14.7. The van der Waals surface area contributed by atoms with E-state index in [2.05, 4.69) is 33.5 Å². The summed E-state index contributed by atoms with van der Waals surface area (Å²) in [5.41, 5.74) is 1.88. The van der Waals surface area contributed by atoms with Gasteiger partial charge in [-0.25, -0.2) is 9.97 Å². The Hall–Kier alpha value is -3.25. The summed E-state index contributed by atoms with van der Waals surface area (Å²) in [4.78, 5) is 22.1. The third-order valence-corrected chi connectivity index (χ3v) is 5.00. The van der Waals surface area contributed by atoms with Gasteiger partial charge in [-0.15, -0.1) is 11.3 Å². The van der Waals surface area contributed by atoms with Gasteiger partial charge in [0.05, 0.1) is 11.4 Å². The van der Waals surface area contributed by atoms with E-state index in [0.717, 1.165) is 20.7 Å². The molecule has 2 aromatic heterocycles. The normalized spacial score (nSPS) is 10.8. The first-order valence-electron chi connectivity index (χ1n) is 8.02. The minimum absolute atomic E-state index is 0.118. The van der Waals surface area contributed by atoms with Crippen molar-refractivity contribution in [2.24, 2.45) is 0 Å². The summed E-state index contributed by atoms with van der Waals surface area (Å²) < 4.78 is 0. The number of aryl methyl sites for hydroxylation is 1. The Balaban J connectivity index is 1.78. The molecule has 128 valence electrons. The molecule has 0 aliphatic rings. The zero-order valence-electron chi connectivity index (χ0n) is 13.9. The number of rotatable bonds is 4. The Morgan fingerprint density at radius 1 is 1.04 bits per heavy atom. The highest BCUT2D eigenvalue weighted by Gasteiger charge is 2.12. The zero-order chi connectivity index (χ0) is 18.1. The lowest BCUT2D eigenvalue weighted by Gasteiger charge is -2.09. The largest absolute Gasteiger partial charge is 0.545 e. The third kappa shape index (κ3) is 3.14. The van der Waals surface area contributed by atoms with Crippen LogP contribution in [-0.4, -0.2) is 15.9 Å². The lowest BCUT2D eigenvalue weighted by atomic mass is 10.2. The van der Waals surface area contributed by atoms with Gasteiger partial charge in [0.25, 0.3) is 0 Å². The molecule has 5 nitrogen and oxygen atoms in total. The molecule has 0 radical (unpaired) electrons. The second kappa shape index (κ2) is 6.57. The first-order valence-corrected chi connectivity index (χ1v) is 8.84. The molecule has 1 N–H and O–H groups in total. The van der Waals surface area contributed by atoms with Crippen LogP contribution in [-0.2, 0) is 0 Å². The van der Waals surface area contributed by atoms with Crippen LogP contribution < -0.4 is 10.4 Å². The van der Waals surface area contributed by atoms with Crippen molar-refractivity contribution in [1.82, 2.24) is 9.97 Å². The molecule has 26 heavy (non-hydrogen) atoms. The molecule has 0 saturated heterocycles. The quantitative estimate of drug-likeness (QED) is 0.599. The molecule has 0 amide bonds. The topological polar surface area (TPSA) is 77.9 Å². The Labute approximate surface area is 154 Å². The van der Waals surface area contributed by atoms with Gasteiger partial charge in [-0.3, -0.25) is 0 Å². The van der Waals surface area contributed by atoms with Gasteiger partial charge in [0.1, 0.15) is 16.5 Å². The van der Waals surface area contributed by atoms with Crippen LogP contribution in [0, 0.1) is 6.92 Å². The van der Waals surface area contributed by atoms with E-state index in [1.165, 1.54) is 12.1 Å². The lowest BCUT2D eigenvalue weighted by Crippen LogP contribution is -2.22. The second-order valence-corrected chi connectivity index (χ2v) is 6.84. The van der Waals surface area contributed by atoms with E-state index in [-0.39, 0.29) is 5.56 Å². The van der Waals surface area contributed by atoms with Crippen LogP contribution in [0.15, 0.2) is 60.7 Å². The van der Waals surface area contributed by atoms with E-state index < -0.39 is 5.97 Å². The summed E-state index contributed by atoms with van der Waals surface area (Å²) in [6.07, 6.45) is 0. The van der Waals surface area contributed by atoms with Gasteiger partial charge < -0.3 is 15.2 Å². The standard InChI is InChI=1S/C20H15N3O2S/c1-12-21-18(23-15-9-5-8-14(10-15)20(24)25)16-11-17(26-19(16)22-12)13-6-3-2-4-7-13/h2-11H,1H3,(H,24,25)(H,21,22,23)/p-1. The van der Waals surface area contributed by atoms with Crippen LogP contribution >= 0.6 is 11.3 Å². The average molecular weight is 360 g/mol. The number of benzene rings is 2. The van der Waals surface area contributed by atoms with Crippen LogP contribution in [0.25, 0.3) is 20.7 Å². The fourth-order valence-corrected chi connectivity index (χ4v) is 3.81. The predicted octanol–water partition coefficient (Wildman–Crippen LogP) is 3.77. The molecule has 0 bridgehead atoms. The summed E-state index contributed by atoms with van der Waals surface area (Å²) in [6, 6.07) is 18.6. The molecule has 6 heteroatoms. The van der Waals surface area contributed by atoms with E-state index in [4.69, 9.17) is 0 Å². The minimum atomic E-state index is -1.21. The van der Waals surface area contributed by atoms with E-state index in [0.29, 0.717) is 17.3 Å². The molecule has 4 aromatic rings. The highest BCUT2D eigenvalue weighted by molar-refractivity contribution is 7.21. The summed E-state index contributed by atoms with van der Waals surface area (Å²) >= 11 is 1.60. The molecular weight excluding hydrogens is 346 g/mol.